The Kier molecular flexibility index (Phi) is 12.3. The highest BCUT2D eigenvalue weighted by atomic mass is 127. The van der Waals surface area contributed by atoms with Crippen molar-refractivity contribution in [2.45, 2.75) is 33.2 Å². The van der Waals surface area contributed by atoms with Crippen LogP contribution in [0.25, 0.3) is 0 Å². The SMILES string of the molecule is CCNC(=NCCN1CCN(Cc2ccccc2)CC1)N1CCC(C(=O)OCC)CC1.I. The van der Waals surface area contributed by atoms with Gasteiger partial charge in [0.05, 0.1) is 19.1 Å². The van der Waals surface area contributed by atoms with Crippen LogP contribution in [0.4, 0.5) is 0 Å². The first-order valence-corrected chi connectivity index (χ1v) is 11.9. The van der Waals surface area contributed by atoms with Crippen LogP contribution in [0.15, 0.2) is 35.3 Å². The largest absolute Gasteiger partial charge is 0.466 e. The maximum Gasteiger partial charge on any atom is 0.309 e. The normalized spacial score (nSPS) is 18.8. The summed E-state index contributed by atoms with van der Waals surface area (Å²) in [4.78, 5) is 24.2. The molecule has 2 aliphatic rings. The van der Waals surface area contributed by atoms with Crippen LogP contribution >= 0.6 is 24.0 Å². The average molecular weight is 558 g/mol. The lowest BCUT2D eigenvalue weighted by molar-refractivity contribution is -0.149. The standard InChI is InChI=1S/C24H39N5O2.HI/c1-3-25-24(29-13-10-22(11-14-29)23(30)31-4-2)26-12-15-27-16-18-28(19-17-27)20-21-8-6-5-7-9-21;/h5-9,22H,3-4,10-20H2,1-2H3,(H,25,26);1H. The first-order chi connectivity index (χ1) is 15.2. The maximum absolute atomic E-state index is 12.0. The van der Waals surface area contributed by atoms with Crippen molar-refractivity contribution in [3.05, 3.63) is 35.9 Å². The summed E-state index contributed by atoms with van der Waals surface area (Å²) in [5.41, 5.74) is 1.39. The number of aliphatic imine (C=N–C) groups is 1. The van der Waals surface area contributed by atoms with Crippen LogP contribution in [0.2, 0.25) is 0 Å². The fourth-order valence-electron chi connectivity index (χ4n) is 4.32. The fourth-order valence-corrected chi connectivity index (χ4v) is 4.32. The van der Waals surface area contributed by atoms with Crippen molar-refractivity contribution < 1.29 is 9.53 Å². The predicted molar refractivity (Wildman–Crippen MR) is 140 cm³/mol. The van der Waals surface area contributed by atoms with Gasteiger partial charge in [-0.3, -0.25) is 19.6 Å². The third-order valence-corrected chi connectivity index (χ3v) is 6.14. The summed E-state index contributed by atoms with van der Waals surface area (Å²) >= 11 is 0. The number of piperazine rings is 1. The highest BCUT2D eigenvalue weighted by Crippen LogP contribution is 2.18. The number of guanidine groups is 1. The van der Waals surface area contributed by atoms with Gasteiger partial charge >= 0.3 is 5.97 Å². The third-order valence-electron chi connectivity index (χ3n) is 6.14. The van der Waals surface area contributed by atoms with E-state index in [1.807, 2.05) is 6.92 Å². The molecule has 0 spiro atoms. The number of nitrogens with one attached hydrogen (secondary N) is 1. The molecule has 2 fully saturated rings. The van der Waals surface area contributed by atoms with E-state index in [9.17, 15) is 4.79 Å². The number of benzene rings is 1. The van der Waals surface area contributed by atoms with E-state index in [1.165, 1.54) is 5.56 Å². The smallest absolute Gasteiger partial charge is 0.309 e. The Labute approximate surface area is 210 Å². The number of hydrogen-bond donors (Lipinski definition) is 1. The highest BCUT2D eigenvalue weighted by molar-refractivity contribution is 14.0. The van der Waals surface area contributed by atoms with Crippen molar-refractivity contribution in [2.75, 3.05) is 65.5 Å². The fraction of sp³-hybridized carbons (Fsp3) is 0.667. The summed E-state index contributed by atoms with van der Waals surface area (Å²) in [6.45, 7) is 14.3. The van der Waals surface area contributed by atoms with Crippen molar-refractivity contribution in [2.24, 2.45) is 10.9 Å². The van der Waals surface area contributed by atoms with E-state index in [2.05, 4.69) is 57.3 Å². The van der Waals surface area contributed by atoms with Gasteiger partial charge in [-0.1, -0.05) is 30.3 Å². The van der Waals surface area contributed by atoms with Crippen LogP contribution in [-0.2, 0) is 16.1 Å². The molecule has 2 heterocycles. The van der Waals surface area contributed by atoms with E-state index in [1.54, 1.807) is 0 Å². The molecular weight excluding hydrogens is 517 g/mol. The molecule has 1 aromatic rings. The molecule has 0 aromatic heterocycles. The summed E-state index contributed by atoms with van der Waals surface area (Å²) in [7, 11) is 0. The van der Waals surface area contributed by atoms with Gasteiger partial charge in [-0.05, 0) is 32.3 Å². The van der Waals surface area contributed by atoms with Gasteiger partial charge in [0.2, 0.25) is 0 Å². The number of halogens is 1. The van der Waals surface area contributed by atoms with Crippen molar-refractivity contribution in [1.82, 2.24) is 20.0 Å². The Balaban J connectivity index is 0.00000363. The number of ether oxygens (including phenoxy) is 1. The van der Waals surface area contributed by atoms with Gasteiger partial charge < -0.3 is 15.0 Å². The molecule has 0 unspecified atom stereocenters. The van der Waals surface area contributed by atoms with Gasteiger partial charge in [0, 0.05) is 58.9 Å². The zero-order valence-electron chi connectivity index (χ0n) is 19.7. The lowest BCUT2D eigenvalue weighted by Crippen LogP contribution is -2.48. The molecule has 1 aromatic carbocycles. The number of esters is 1. The van der Waals surface area contributed by atoms with E-state index in [-0.39, 0.29) is 35.9 Å². The molecule has 180 valence electrons. The van der Waals surface area contributed by atoms with Gasteiger partial charge in [0.25, 0.3) is 0 Å². The van der Waals surface area contributed by atoms with Crippen molar-refractivity contribution in [1.29, 1.82) is 0 Å². The molecule has 2 saturated heterocycles. The number of hydrogen-bond acceptors (Lipinski definition) is 5. The number of carbonyl (C=O) groups is 1. The molecule has 7 nitrogen and oxygen atoms in total. The minimum atomic E-state index is -0.0458. The summed E-state index contributed by atoms with van der Waals surface area (Å²) in [6.07, 6.45) is 1.68. The van der Waals surface area contributed by atoms with E-state index < -0.39 is 0 Å². The molecule has 0 saturated carbocycles. The second-order valence-corrected chi connectivity index (χ2v) is 8.35. The zero-order chi connectivity index (χ0) is 21.9. The molecular formula is C24H40IN5O2. The van der Waals surface area contributed by atoms with Crippen LogP contribution in [0.5, 0.6) is 0 Å². The van der Waals surface area contributed by atoms with E-state index >= 15 is 0 Å². The third kappa shape index (κ3) is 8.51. The van der Waals surface area contributed by atoms with E-state index in [0.29, 0.717) is 6.61 Å². The second kappa shape index (κ2) is 14.7. The maximum atomic E-state index is 12.0. The number of carbonyl (C=O) groups excluding carboxylic acids is 1. The molecule has 1 N–H and O–H groups in total. The van der Waals surface area contributed by atoms with Gasteiger partial charge in [-0.25, -0.2) is 0 Å². The van der Waals surface area contributed by atoms with Crippen molar-refractivity contribution in [3.8, 4) is 0 Å². The molecule has 8 heteroatoms. The van der Waals surface area contributed by atoms with Gasteiger partial charge in [0.15, 0.2) is 5.96 Å². The van der Waals surface area contributed by atoms with Crippen LogP contribution in [0.1, 0.15) is 32.3 Å². The monoisotopic (exact) mass is 557 g/mol. The minimum absolute atomic E-state index is 0. The number of likely N-dealkylation sites (tertiary alicyclic amines) is 1. The topological polar surface area (TPSA) is 60.4 Å². The van der Waals surface area contributed by atoms with Gasteiger partial charge in [0.1, 0.15) is 0 Å². The Hall–Kier alpha value is -1.39. The Morgan fingerprint density at radius 3 is 2.31 bits per heavy atom. The predicted octanol–water partition coefficient (Wildman–Crippen LogP) is 2.66. The van der Waals surface area contributed by atoms with Gasteiger partial charge in [-0.15, -0.1) is 24.0 Å². The summed E-state index contributed by atoms with van der Waals surface area (Å²) in [5, 5.41) is 3.43. The van der Waals surface area contributed by atoms with Crippen LogP contribution in [-0.4, -0.2) is 92.1 Å². The summed E-state index contributed by atoms with van der Waals surface area (Å²) in [5.74, 6) is 0.967. The van der Waals surface area contributed by atoms with Crippen LogP contribution < -0.4 is 5.32 Å². The van der Waals surface area contributed by atoms with Crippen LogP contribution in [0.3, 0.4) is 0 Å². The zero-order valence-corrected chi connectivity index (χ0v) is 22.0. The molecule has 3 rings (SSSR count). The molecule has 0 amide bonds. The second-order valence-electron chi connectivity index (χ2n) is 8.35. The molecule has 0 atom stereocenters. The van der Waals surface area contributed by atoms with E-state index in [0.717, 1.165) is 84.2 Å². The lowest BCUT2D eigenvalue weighted by Gasteiger charge is -2.35. The molecule has 32 heavy (non-hydrogen) atoms. The van der Waals surface area contributed by atoms with Crippen molar-refractivity contribution in [3.63, 3.8) is 0 Å². The van der Waals surface area contributed by atoms with Crippen LogP contribution in [0, 0.1) is 5.92 Å². The first kappa shape index (κ1) is 26.9. The first-order valence-electron chi connectivity index (χ1n) is 11.9. The number of rotatable bonds is 8. The Morgan fingerprint density at radius 1 is 1.03 bits per heavy atom. The highest BCUT2D eigenvalue weighted by Gasteiger charge is 2.27. The Morgan fingerprint density at radius 2 is 1.69 bits per heavy atom. The van der Waals surface area contributed by atoms with Gasteiger partial charge in [-0.2, -0.15) is 0 Å². The van der Waals surface area contributed by atoms with Crippen molar-refractivity contribution >= 4 is 35.9 Å². The molecule has 0 bridgehead atoms. The molecule has 0 radical (unpaired) electrons. The number of piperidine rings is 1. The van der Waals surface area contributed by atoms with E-state index in [4.69, 9.17) is 9.73 Å². The Bertz CT molecular complexity index is 687. The quantitative estimate of drug-likeness (QED) is 0.230. The minimum Gasteiger partial charge on any atom is -0.466 e. The molecule has 0 aliphatic carbocycles. The number of nitrogens with zero attached hydrogens (tertiary/aromatic N) is 4. The lowest BCUT2D eigenvalue weighted by atomic mass is 9.97. The molecule has 2 aliphatic heterocycles. The summed E-state index contributed by atoms with van der Waals surface area (Å²) in [6, 6.07) is 10.7. The summed E-state index contributed by atoms with van der Waals surface area (Å²) < 4.78 is 5.19. The average Bonchev–Trinajstić information content (AvgIpc) is 2.81.